The molecule has 0 unspecified atom stereocenters. The fourth-order valence-corrected chi connectivity index (χ4v) is 2.41. The normalized spacial score (nSPS) is 24.7. The number of methoxy groups -OCH3 is 1. The van der Waals surface area contributed by atoms with Crippen molar-refractivity contribution >= 4 is 0 Å². The van der Waals surface area contributed by atoms with Crippen LogP contribution in [0.5, 0.6) is 0 Å². The fourth-order valence-electron chi connectivity index (χ4n) is 2.41. The quantitative estimate of drug-likeness (QED) is 0.883. The third-order valence-corrected chi connectivity index (χ3v) is 3.42. The van der Waals surface area contributed by atoms with Gasteiger partial charge in [0.05, 0.1) is 6.61 Å². The van der Waals surface area contributed by atoms with Crippen molar-refractivity contribution in [2.45, 2.75) is 12.0 Å². The van der Waals surface area contributed by atoms with Crippen LogP contribution in [0.4, 0.5) is 8.78 Å². The highest BCUT2D eigenvalue weighted by atomic mass is 19.2. The highest BCUT2D eigenvalue weighted by Gasteiger charge is 2.31. The number of ether oxygens (including phenoxy) is 1. The predicted octanol–water partition coefficient (Wildman–Crippen LogP) is 1.34. The number of rotatable bonds is 4. The highest BCUT2D eigenvalue weighted by molar-refractivity contribution is 5.25. The molecule has 0 radical (unpaired) electrons. The van der Waals surface area contributed by atoms with Gasteiger partial charge in [-0.05, 0) is 17.7 Å². The lowest BCUT2D eigenvalue weighted by molar-refractivity contribution is 0.160. The first-order valence-corrected chi connectivity index (χ1v) is 6.03. The molecule has 1 aromatic carbocycles. The molecule has 0 aromatic heterocycles. The lowest BCUT2D eigenvalue weighted by atomic mass is 9.95. The SMILES string of the molecule is COCCN1C[C@H](c2ccc(F)c(F)c2)[C@@H](N)C1. The second-order valence-electron chi connectivity index (χ2n) is 4.70. The van der Waals surface area contributed by atoms with E-state index < -0.39 is 11.6 Å². The molecule has 0 amide bonds. The van der Waals surface area contributed by atoms with Crippen LogP contribution in [0.3, 0.4) is 0 Å². The van der Waals surface area contributed by atoms with Crippen molar-refractivity contribution in [3.8, 4) is 0 Å². The fraction of sp³-hybridized carbons (Fsp3) is 0.538. The van der Waals surface area contributed by atoms with E-state index in [2.05, 4.69) is 4.90 Å². The Morgan fingerprint density at radius 2 is 2.11 bits per heavy atom. The topological polar surface area (TPSA) is 38.5 Å². The van der Waals surface area contributed by atoms with Gasteiger partial charge in [0, 0.05) is 38.7 Å². The zero-order chi connectivity index (χ0) is 13.1. The van der Waals surface area contributed by atoms with Crippen molar-refractivity contribution in [3.05, 3.63) is 35.4 Å². The molecular formula is C13H18F2N2O. The molecule has 18 heavy (non-hydrogen) atoms. The molecule has 0 bridgehead atoms. The molecule has 1 aliphatic rings. The number of halogens is 2. The average Bonchev–Trinajstić information content (AvgIpc) is 2.71. The Hall–Kier alpha value is -1.04. The number of hydrogen-bond donors (Lipinski definition) is 1. The minimum absolute atomic E-state index is 0.0493. The highest BCUT2D eigenvalue weighted by Crippen LogP contribution is 2.27. The van der Waals surface area contributed by atoms with E-state index in [0.29, 0.717) is 6.61 Å². The van der Waals surface area contributed by atoms with Crippen LogP contribution in [0.15, 0.2) is 18.2 Å². The van der Waals surface area contributed by atoms with Gasteiger partial charge in [-0.3, -0.25) is 4.90 Å². The van der Waals surface area contributed by atoms with Crippen LogP contribution in [-0.2, 0) is 4.74 Å². The zero-order valence-corrected chi connectivity index (χ0v) is 10.4. The molecule has 5 heteroatoms. The first kappa shape index (κ1) is 13.4. The molecule has 100 valence electrons. The van der Waals surface area contributed by atoms with E-state index in [-0.39, 0.29) is 12.0 Å². The van der Waals surface area contributed by atoms with E-state index in [1.807, 2.05) is 0 Å². The second kappa shape index (κ2) is 5.73. The van der Waals surface area contributed by atoms with Crippen LogP contribution in [-0.4, -0.2) is 44.3 Å². The van der Waals surface area contributed by atoms with Crippen LogP contribution < -0.4 is 5.73 Å². The van der Waals surface area contributed by atoms with Crippen molar-refractivity contribution in [1.82, 2.24) is 4.90 Å². The lowest BCUT2D eigenvalue weighted by Gasteiger charge is -2.15. The summed E-state index contributed by atoms with van der Waals surface area (Å²) >= 11 is 0. The number of nitrogens with zero attached hydrogens (tertiary/aromatic N) is 1. The number of hydrogen-bond acceptors (Lipinski definition) is 3. The molecular weight excluding hydrogens is 238 g/mol. The van der Waals surface area contributed by atoms with Crippen molar-refractivity contribution in [3.63, 3.8) is 0 Å². The average molecular weight is 256 g/mol. The Morgan fingerprint density at radius 1 is 1.33 bits per heavy atom. The Balaban J connectivity index is 2.06. The minimum Gasteiger partial charge on any atom is -0.383 e. The maximum Gasteiger partial charge on any atom is 0.159 e. The summed E-state index contributed by atoms with van der Waals surface area (Å²) in [6, 6.07) is 3.98. The summed E-state index contributed by atoms with van der Waals surface area (Å²) < 4.78 is 31.1. The predicted molar refractivity (Wildman–Crippen MR) is 65.4 cm³/mol. The molecule has 1 aliphatic heterocycles. The van der Waals surface area contributed by atoms with Gasteiger partial charge >= 0.3 is 0 Å². The molecule has 1 aromatic rings. The Morgan fingerprint density at radius 3 is 2.78 bits per heavy atom. The van der Waals surface area contributed by atoms with E-state index in [0.717, 1.165) is 31.3 Å². The van der Waals surface area contributed by atoms with E-state index in [4.69, 9.17) is 10.5 Å². The minimum atomic E-state index is -0.818. The summed E-state index contributed by atoms with van der Waals surface area (Å²) in [4.78, 5) is 2.18. The summed E-state index contributed by atoms with van der Waals surface area (Å²) in [5.41, 5.74) is 6.83. The van der Waals surface area contributed by atoms with E-state index in [1.165, 1.54) is 6.07 Å². The van der Waals surface area contributed by atoms with Crippen molar-refractivity contribution in [2.75, 3.05) is 33.4 Å². The number of likely N-dealkylation sites (tertiary alicyclic amines) is 1. The van der Waals surface area contributed by atoms with Gasteiger partial charge in [-0.25, -0.2) is 8.78 Å². The maximum absolute atomic E-state index is 13.2. The van der Waals surface area contributed by atoms with Crippen molar-refractivity contribution in [1.29, 1.82) is 0 Å². The van der Waals surface area contributed by atoms with Gasteiger partial charge in [0.1, 0.15) is 0 Å². The second-order valence-corrected chi connectivity index (χ2v) is 4.70. The molecule has 0 saturated carbocycles. The Bertz CT molecular complexity index is 414. The summed E-state index contributed by atoms with van der Waals surface area (Å²) in [5.74, 6) is -1.58. The van der Waals surface area contributed by atoms with Gasteiger partial charge in [-0.15, -0.1) is 0 Å². The third-order valence-electron chi connectivity index (χ3n) is 3.42. The van der Waals surface area contributed by atoms with Crippen molar-refractivity contribution < 1.29 is 13.5 Å². The Labute approximate surface area is 106 Å². The van der Waals surface area contributed by atoms with Crippen molar-refractivity contribution in [2.24, 2.45) is 5.73 Å². The maximum atomic E-state index is 13.2. The summed E-state index contributed by atoms with van der Waals surface area (Å²) in [6.07, 6.45) is 0. The van der Waals surface area contributed by atoms with Crippen LogP contribution in [0, 0.1) is 11.6 Å². The monoisotopic (exact) mass is 256 g/mol. The van der Waals surface area contributed by atoms with E-state index in [9.17, 15) is 8.78 Å². The van der Waals surface area contributed by atoms with Crippen LogP contribution in [0.25, 0.3) is 0 Å². The van der Waals surface area contributed by atoms with Crippen LogP contribution in [0.2, 0.25) is 0 Å². The number of nitrogens with two attached hydrogens (primary N) is 1. The molecule has 2 N–H and O–H groups in total. The van der Waals surface area contributed by atoms with Gasteiger partial charge in [-0.1, -0.05) is 6.07 Å². The molecule has 1 fully saturated rings. The smallest absolute Gasteiger partial charge is 0.159 e. The van der Waals surface area contributed by atoms with Crippen LogP contribution in [0.1, 0.15) is 11.5 Å². The van der Waals surface area contributed by atoms with Gasteiger partial charge in [-0.2, -0.15) is 0 Å². The summed E-state index contributed by atoms with van der Waals surface area (Å²) in [7, 11) is 1.66. The van der Waals surface area contributed by atoms with Gasteiger partial charge in [0.15, 0.2) is 11.6 Å². The summed E-state index contributed by atoms with van der Waals surface area (Å²) in [5, 5.41) is 0. The number of benzene rings is 1. The van der Waals surface area contributed by atoms with Gasteiger partial charge in [0.25, 0.3) is 0 Å². The molecule has 0 spiro atoms. The molecule has 2 rings (SSSR count). The molecule has 2 atom stereocenters. The van der Waals surface area contributed by atoms with Gasteiger partial charge in [0.2, 0.25) is 0 Å². The largest absolute Gasteiger partial charge is 0.383 e. The van der Waals surface area contributed by atoms with Gasteiger partial charge < -0.3 is 10.5 Å². The molecule has 0 aliphatic carbocycles. The summed E-state index contributed by atoms with van der Waals surface area (Å²) in [6.45, 7) is 2.98. The molecule has 1 saturated heterocycles. The first-order valence-electron chi connectivity index (χ1n) is 6.03. The molecule has 1 heterocycles. The molecule has 3 nitrogen and oxygen atoms in total. The van der Waals surface area contributed by atoms with Crippen LogP contribution >= 0.6 is 0 Å². The van der Waals surface area contributed by atoms with E-state index in [1.54, 1.807) is 13.2 Å². The standard InChI is InChI=1S/C13H18F2N2O/c1-18-5-4-17-7-10(13(16)8-17)9-2-3-11(14)12(15)6-9/h2-3,6,10,13H,4-5,7-8,16H2,1H3/t10-,13+/m1/s1. The third kappa shape index (κ3) is 2.85. The van der Waals surface area contributed by atoms with E-state index >= 15 is 0 Å². The Kier molecular flexibility index (Phi) is 4.27. The first-order chi connectivity index (χ1) is 8.61. The lowest BCUT2D eigenvalue weighted by Crippen LogP contribution is -2.30. The zero-order valence-electron chi connectivity index (χ0n) is 10.4.